The first-order chi connectivity index (χ1) is 10.8. The molecule has 128 valence electrons. The van der Waals surface area contributed by atoms with Gasteiger partial charge in [-0.3, -0.25) is 9.59 Å². The Balaban J connectivity index is 2.70. The van der Waals surface area contributed by atoms with E-state index >= 15 is 0 Å². The molecular formula is C19H30N2O2. The Morgan fingerprint density at radius 3 is 2.30 bits per heavy atom. The average molecular weight is 318 g/mol. The van der Waals surface area contributed by atoms with E-state index in [1.54, 1.807) is 6.07 Å². The first-order valence-corrected chi connectivity index (χ1v) is 8.49. The molecule has 0 aliphatic rings. The molecule has 0 aliphatic carbocycles. The molecular weight excluding hydrogens is 288 g/mol. The Morgan fingerprint density at radius 2 is 1.74 bits per heavy atom. The van der Waals surface area contributed by atoms with Crippen molar-refractivity contribution in [3.05, 3.63) is 24.3 Å². The second-order valence-corrected chi connectivity index (χ2v) is 6.93. The van der Waals surface area contributed by atoms with Crippen LogP contribution < -0.4 is 10.6 Å². The molecule has 0 bridgehead atoms. The Bertz CT molecular complexity index is 538. The van der Waals surface area contributed by atoms with E-state index < -0.39 is 5.41 Å². The third-order valence-corrected chi connectivity index (χ3v) is 4.12. The van der Waals surface area contributed by atoms with Crippen molar-refractivity contribution >= 4 is 23.2 Å². The highest BCUT2D eigenvalue weighted by Crippen LogP contribution is 2.25. The maximum Gasteiger partial charge on any atom is 0.230 e. The molecule has 1 rings (SSSR count). The molecule has 1 atom stereocenters. The van der Waals surface area contributed by atoms with Gasteiger partial charge in [-0.15, -0.1) is 0 Å². The summed E-state index contributed by atoms with van der Waals surface area (Å²) in [5, 5.41) is 5.84. The molecule has 0 aliphatic heterocycles. The largest absolute Gasteiger partial charge is 0.326 e. The van der Waals surface area contributed by atoms with Gasteiger partial charge in [0.05, 0.1) is 0 Å². The fraction of sp³-hybridized carbons (Fsp3) is 0.579. The molecule has 0 saturated carbocycles. The molecule has 0 saturated heterocycles. The molecule has 0 heterocycles. The third-order valence-electron chi connectivity index (χ3n) is 4.12. The van der Waals surface area contributed by atoms with E-state index in [1.165, 1.54) is 0 Å². The highest BCUT2D eigenvalue weighted by molar-refractivity contribution is 5.96. The van der Waals surface area contributed by atoms with Crippen LogP contribution in [-0.2, 0) is 9.59 Å². The van der Waals surface area contributed by atoms with Crippen LogP contribution in [0.2, 0.25) is 0 Å². The number of hydrogen-bond acceptors (Lipinski definition) is 2. The van der Waals surface area contributed by atoms with Crippen LogP contribution >= 0.6 is 0 Å². The van der Waals surface area contributed by atoms with E-state index in [0.717, 1.165) is 19.3 Å². The Morgan fingerprint density at radius 1 is 1.13 bits per heavy atom. The fourth-order valence-electron chi connectivity index (χ4n) is 2.39. The molecule has 1 aromatic carbocycles. The number of amides is 2. The highest BCUT2D eigenvalue weighted by Gasteiger charge is 2.26. The monoisotopic (exact) mass is 318 g/mol. The summed E-state index contributed by atoms with van der Waals surface area (Å²) in [4.78, 5) is 24.3. The van der Waals surface area contributed by atoms with Gasteiger partial charge in [-0.25, -0.2) is 0 Å². The van der Waals surface area contributed by atoms with Crippen LogP contribution in [0, 0.1) is 11.3 Å². The van der Waals surface area contributed by atoms with Gasteiger partial charge in [-0.05, 0) is 30.5 Å². The predicted molar refractivity (Wildman–Crippen MR) is 96.5 cm³/mol. The number of benzene rings is 1. The minimum Gasteiger partial charge on any atom is -0.326 e. The maximum atomic E-state index is 12.3. The van der Waals surface area contributed by atoms with Crippen molar-refractivity contribution in [2.75, 3.05) is 10.6 Å². The zero-order valence-electron chi connectivity index (χ0n) is 15.0. The summed E-state index contributed by atoms with van der Waals surface area (Å²) in [7, 11) is 0. The van der Waals surface area contributed by atoms with Crippen LogP contribution in [0.3, 0.4) is 0 Å². The van der Waals surface area contributed by atoms with Crippen molar-refractivity contribution in [1.29, 1.82) is 0 Å². The molecule has 0 radical (unpaired) electrons. The molecule has 1 aromatic rings. The smallest absolute Gasteiger partial charge is 0.230 e. The van der Waals surface area contributed by atoms with Gasteiger partial charge >= 0.3 is 0 Å². The summed E-state index contributed by atoms with van der Waals surface area (Å²) >= 11 is 0. The van der Waals surface area contributed by atoms with Gasteiger partial charge in [0.1, 0.15) is 0 Å². The molecule has 2 N–H and O–H groups in total. The lowest BCUT2D eigenvalue weighted by atomic mass is 9.87. The quantitative estimate of drug-likeness (QED) is 0.721. The second-order valence-electron chi connectivity index (χ2n) is 6.93. The standard InChI is InChI=1S/C19H30N2O2/c1-6-11-19(4,5)18(23)21-16-10-8-9-15(13-16)20-17(22)12-14(3)7-2/h8-10,13-14H,6-7,11-12H2,1-5H3,(H,20,22)(H,21,23). The van der Waals surface area contributed by atoms with Gasteiger partial charge in [0.15, 0.2) is 0 Å². The number of nitrogens with one attached hydrogen (secondary N) is 2. The number of rotatable bonds is 8. The lowest BCUT2D eigenvalue weighted by Gasteiger charge is -2.23. The van der Waals surface area contributed by atoms with Gasteiger partial charge < -0.3 is 10.6 Å². The number of carbonyl (C=O) groups is 2. The molecule has 0 spiro atoms. The first kappa shape index (κ1) is 19.2. The van der Waals surface area contributed by atoms with E-state index in [0.29, 0.717) is 23.7 Å². The summed E-state index contributed by atoms with van der Waals surface area (Å²) in [6.07, 6.45) is 3.29. The van der Waals surface area contributed by atoms with Crippen LogP contribution in [0.1, 0.15) is 60.3 Å². The molecule has 1 unspecified atom stereocenters. The van der Waals surface area contributed by atoms with Crippen molar-refractivity contribution in [3.63, 3.8) is 0 Å². The predicted octanol–water partition coefficient (Wildman–Crippen LogP) is 4.83. The third kappa shape index (κ3) is 6.43. The van der Waals surface area contributed by atoms with Crippen LogP contribution in [0.25, 0.3) is 0 Å². The molecule has 0 fully saturated rings. The Hall–Kier alpha value is -1.84. The number of carbonyl (C=O) groups excluding carboxylic acids is 2. The van der Waals surface area contributed by atoms with Gasteiger partial charge in [-0.1, -0.05) is 53.5 Å². The minimum absolute atomic E-state index is 0.00225. The van der Waals surface area contributed by atoms with Crippen molar-refractivity contribution in [2.24, 2.45) is 11.3 Å². The Kier molecular flexibility index (Phi) is 7.27. The minimum atomic E-state index is -0.398. The van der Waals surface area contributed by atoms with E-state index in [9.17, 15) is 9.59 Å². The summed E-state index contributed by atoms with van der Waals surface area (Å²) in [6.45, 7) is 10.1. The van der Waals surface area contributed by atoms with Crippen molar-refractivity contribution < 1.29 is 9.59 Å². The lowest BCUT2D eigenvalue weighted by molar-refractivity contribution is -0.124. The molecule has 2 amide bonds. The second kappa shape index (κ2) is 8.70. The van der Waals surface area contributed by atoms with Crippen molar-refractivity contribution in [2.45, 2.75) is 60.3 Å². The maximum absolute atomic E-state index is 12.3. The SMILES string of the molecule is CCCC(C)(C)C(=O)Nc1cccc(NC(=O)CC(C)CC)c1. The van der Waals surface area contributed by atoms with Crippen molar-refractivity contribution in [1.82, 2.24) is 0 Å². The topological polar surface area (TPSA) is 58.2 Å². The van der Waals surface area contributed by atoms with E-state index in [2.05, 4.69) is 31.4 Å². The molecule has 4 heteroatoms. The van der Waals surface area contributed by atoms with E-state index in [-0.39, 0.29) is 11.8 Å². The number of anilines is 2. The average Bonchev–Trinajstić information content (AvgIpc) is 2.47. The first-order valence-electron chi connectivity index (χ1n) is 8.49. The van der Waals surface area contributed by atoms with Crippen LogP contribution in [0.5, 0.6) is 0 Å². The fourth-order valence-corrected chi connectivity index (χ4v) is 2.39. The molecule has 4 nitrogen and oxygen atoms in total. The van der Waals surface area contributed by atoms with Crippen LogP contribution in [0.4, 0.5) is 11.4 Å². The zero-order chi connectivity index (χ0) is 17.5. The van der Waals surface area contributed by atoms with Crippen LogP contribution in [-0.4, -0.2) is 11.8 Å². The number of hydrogen-bond donors (Lipinski definition) is 2. The highest BCUT2D eigenvalue weighted by atomic mass is 16.2. The van der Waals surface area contributed by atoms with Crippen LogP contribution in [0.15, 0.2) is 24.3 Å². The summed E-state index contributed by atoms with van der Waals surface area (Å²) < 4.78 is 0. The van der Waals surface area contributed by atoms with Gasteiger partial charge in [0.25, 0.3) is 0 Å². The molecule has 0 aromatic heterocycles. The summed E-state index contributed by atoms with van der Waals surface area (Å²) in [5.41, 5.74) is 1.02. The lowest BCUT2D eigenvalue weighted by Crippen LogP contribution is -2.30. The normalized spacial score (nSPS) is 12.6. The van der Waals surface area contributed by atoms with Gasteiger partial charge in [0, 0.05) is 23.2 Å². The van der Waals surface area contributed by atoms with Gasteiger partial charge in [-0.2, -0.15) is 0 Å². The molecule has 23 heavy (non-hydrogen) atoms. The zero-order valence-corrected chi connectivity index (χ0v) is 15.0. The Labute approximate surface area is 140 Å². The van der Waals surface area contributed by atoms with E-state index in [1.807, 2.05) is 32.0 Å². The van der Waals surface area contributed by atoms with Crippen molar-refractivity contribution in [3.8, 4) is 0 Å². The summed E-state index contributed by atoms with van der Waals surface area (Å²) in [5.74, 6) is 0.379. The summed E-state index contributed by atoms with van der Waals surface area (Å²) in [6, 6.07) is 7.31. The van der Waals surface area contributed by atoms with Gasteiger partial charge in [0.2, 0.25) is 11.8 Å². The van der Waals surface area contributed by atoms with E-state index in [4.69, 9.17) is 0 Å².